The van der Waals surface area contributed by atoms with Crippen molar-refractivity contribution in [3.63, 3.8) is 0 Å². The van der Waals surface area contributed by atoms with Gasteiger partial charge in [0.15, 0.2) is 5.13 Å². The number of carbonyl (C=O) groups is 2. The lowest BCUT2D eigenvalue weighted by molar-refractivity contribution is -0.115. The number of rotatable bonds is 9. The largest absolute Gasteiger partial charge is 0.497 e. The first-order chi connectivity index (χ1) is 17.5. The molecule has 1 atom stereocenters. The van der Waals surface area contributed by atoms with Crippen LogP contribution in [-0.2, 0) is 9.59 Å². The van der Waals surface area contributed by atoms with Crippen LogP contribution in [-0.4, -0.2) is 29.2 Å². The summed E-state index contributed by atoms with van der Waals surface area (Å²) in [6, 6.07) is 24.7. The fourth-order valence-electron chi connectivity index (χ4n) is 3.23. The lowest BCUT2D eigenvalue weighted by atomic mass is 10.2. The maximum absolute atomic E-state index is 12.7. The highest BCUT2D eigenvalue weighted by molar-refractivity contribution is 8.00. The number of carbonyl (C=O) groups excluding carboxylic acids is 2. The molecule has 0 aliphatic rings. The van der Waals surface area contributed by atoms with Crippen LogP contribution in [0.1, 0.15) is 12.5 Å². The van der Waals surface area contributed by atoms with E-state index in [1.807, 2.05) is 91.2 Å². The molecule has 2 amide bonds. The van der Waals surface area contributed by atoms with Gasteiger partial charge >= 0.3 is 0 Å². The van der Waals surface area contributed by atoms with Crippen LogP contribution in [0.15, 0.2) is 95.2 Å². The molecule has 4 rings (SSSR count). The van der Waals surface area contributed by atoms with E-state index in [4.69, 9.17) is 4.74 Å². The molecule has 1 aromatic heterocycles. The van der Waals surface area contributed by atoms with Crippen LogP contribution < -0.4 is 15.4 Å². The molecule has 8 heteroatoms. The standard InChI is InChI=1S/C28H25N3O3S2/c1-19(27(33)31-28-30-25(18-35-28)21-9-13-23(34-2)14-10-21)36-24-15-11-22(12-16-24)29-26(32)17-8-20-6-4-3-5-7-20/h3-19H,1-2H3,(H,29,32)(H,30,31,33)/b17-8+. The van der Waals surface area contributed by atoms with E-state index in [9.17, 15) is 9.59 Å². The summed E-state index contributed by atoms with van der Waals surface area (Å²) in [6.07, 6.45) is 3.27. The van der Waals surface area contributed by atoms with E-state index >= 15 is 0 Å². The van der Waals surface area contributed by atoms with Gasteiger partial charge in [0.1, 0.15) is 5.75 Å². The third-order valence-electron chi connectivity index (χ3n) is 5.15. The molecule has 0 aliphatic heterocycles. The molecule has 36 heavy (non-hydrogen) atoms. The Bertz CT molecular complexity index is 1330. The van der Waals surface area contributed by atoms with Crippen molar-refractivity contribution in [1.29, 1.82) is 0 Å². The van der Waals surface area contributed by atoms with Crippen LogP contribution in [0.5, 0.6) is 5.75 Å². The van der Waals surface area contributed by atoms with Crippen molar-refractivity contribution in [2.75, 3.05) is 17.7 Å². The quantitative estimate of drug-likeness (QED) is 0.194. The molecule has 0 radical (unpaired) electrons. The van der Waals surface area contributed by atoms with Crippen molar-refractivity contribution in [1.82, 2.24) is 4.98 Å². The molecule has 0 aliphatic carbocycles. The highest BCUT2D eigenvalue weighted by atomic mass is 32.2. The summed E-state index contributed by atoms with van der Waals surface area (Å²) in [5, 5.41) is 7.88. The predicted molar refractivity (Wildman–Crippen MR) is 149 cm³/mol. The lowest BCUT2D eigenvalue weighted by Crippen LogP contribution is -2.22. The zero-order valence-corrected chi connectivity index (χ0v) is 21.4. The Kier molecular flexibility index (Phi) is 8.54. The Balaban J connectivity index is 1.28. The summed E-state index contributed by atoms with van der Waals surface area (Å²) in [5.74, 6) is 0.451. The van der Waals surface area contributed by atoms with Crippen molar-refractivity contribution in [3.05, 3.63) is 95.9 Å². The van der Waals surface area contributed by atoms with Crippen LogP contribution in [0.25, 0.3) is 17.3 Å². The van der Waals surface area contributed by atoms with Crippen molar-refractivity contribution in [2.24, 2.45) is 0 Å². The Labute approximate surface area is 218 Å². The number of nitrogens with one attached hydrogen (secondary N) is 2. The summed E-state index contributed by atoms with van der Waals surface area (Å²) >= 11 is 2.82. The smallest absolute Gasteiger partial charge is 0.248 e. The number of methoxy groups -OCH3 is 1. The topological polar surface area (TPSA) is 80.3 Å². The van der Waals surface area contributed by atoms with Crippen molar-refractivity contribution in [2.45, 2.75) is 17.1 Å². The van der Waals surface area contributed by atoms with Gasteiger partial charge in [-0.15, -0.1) is 23.1 Å². The second-order valence-electron chi connectivity index (χ2n) is 7.77. The predicted octanol–water partition coefficient (Wildman–Crippen LogP) is 6.59. The van der Waals surface area contributed by atoms with Gasteiger partial charge in [0.05, 0.1) is 18.1 Å². The van der Waals surface area contributed by atoms with Gasteiger partial charge in [0.25, 0.3) is 0 Å². The third kappa shape index (κ3) is 7.07. The van der Waals surface area contributed by atoms with Crippen molar-refractivity contribution < 1.29 is 14.3 Å². The number of hydrogen-bond donors (Lipinski definition) is 2. The Morgan fingerprint density at radius 2 is 1.69 bits per heavy atom. The number of thiazole rings is 1. The molecule has 0 saturated carbocycles. The minimum atomic E-state index is -0.326. The highest BCUT2D eigenvalue weighted by Crippen LogP contribution is 2.29. The molecule has 2 N–H and O–H groups in total. The van der Waals surface area contributed by atoms with E-state index < -0.39 is 0 Å². The molecule has 4 aromatic rings. The molecule has 0 saturated heterocycles. The molecule has 6 nitrogen and oxygen atoms in total. The van der Waals surface area contributed by atoms with E-state index in [2.05, 4.69) is 15.6 Å². The molecule has 3 aromatic carbocycles. The number of ether oxygens (including phenoxy) is 1. The zero-order chi connectivity index (χ0) is 25.3. The lowest BCUT2D eigenvalue weighted by Gasteiger charge is -2.11. The van der Waals surface area contributed by atoms with Crippen LogP contribution in [0.4, 0.5) is 10.8 Å². The molecule has 1 heterocycles. The number of hydrogen-bond acceptors (Lipinski definition) is 6. The van der Waals surface area contributed by atoms with Crippen molar-refractivity contribution in [3.8, 4) is 17.0 Å². The molecule has 0 bridgehead atoms. The van der Waals surface area contributed by atoms with Gasteiger partial charge in [0.2, 0.25) is 11.8 Å². The fraction of sp³-hybridized carbons (Fsp3) is 0.107. The first kappa shape index (κ1) is 25.2. The summed E-state index contributed by atoms with van der Waals surface area (Å²) in [6.45, 7) is 1.85. The monoisotopic (exact) mass is 515 g/mol. The minimum absolute atomic E-state index is 0.126. The normalized spacial score (nSPS) is 11.7. The van der Waals surface area contributed by atoms with E-state index in [0.717, 1.165) is 27.5 Å². The number of amides is 2. The SMILES string of the molecule is COc1ccc(-c2csc(NC(=O)C(C)Sc3ccc(NC(=O)/C=C/c4ccccc4)cc3)n2)cc1. The minimum Gasteiger partial charge on any atom is -0.497 e. The summed E-state index contributed by atoms with van der Waals surface area (Å²) in [4.78, 5) is 30.3. The van der Waals surface area contributed by atoms with Gasteiger partial charge in [-0.05, 0) is 67.1 Å². The zero-order valence-electron chi connectivity index (χ0n) is 19.8. The average Bonchev–Trinajstić information content (AvgIpc) is 3.37. The van der Waals surface area contributed by atoms with Gasteiger partial charge in [-0.1, -0.05) is 30.3 Å². The average molecular weight is 516 g/mol. The highest BCUT2D eigenvalue weighted by Gasteiger charge is 2.16. The first-order valence-electron chi connectivity index (χ1n) is 11.2. The number of thioether (sulfide) groups is 1. The van der Waals surface area contributed by atoms with E-state index in [1.54, 1.807) is 13.2 Å². The van der Waals surface area contributed by atoms with Crippen molar-refractivity contribution >= 4 is 51.8 Å². The number of nitrogens with zero attached hydrogens (tertiary/aromatic N) is 1. The Hall–Kier alpha value is -3.88. The Morgan fingerprint density at radius 1 is 0.972 bits per heavy atom. The van der Waals surface area contributed by atoms with E-state index in [-0.39, 0.29) is 17.1 Å². The van der Waals surface area contributed by atoms with E-state index in [0.29, 0.717) is 10.8 Å². The van der Waals surface area contributed by atoms with Gasteiger partial charge in [-0.3, -0.25) is 9.59 Å². The second-order valence-corrected chi connectivity index (χ2v) is 10.0. The van der Waals surface area contributed by atoms with Gasteiger partial charge in [0, 0.05) is 27.6 Å². The number of aromatic nitrogens is 1. The second kappa shape index (κ2) is 12.2. The van der Waals surface area contributed by atoms with E-state index in [1.165, 1.54) is 29.2 Å². The Morgan fingerprint density at radius 3 is 2.39 bits per heavy atom. The molecule has 0 spiro atoms. The van der Waals surface area contributed by atoms with Crippen LogP contribution in [0, 0.1) is 0 Å². The first-order valence-corrected chi connectivity index (χ1v) is 13.0. The number of anilines is 2. The number of benzene rings is 3. The molecular weight excluding hydrogens is 490 g/mol. The van der Waals surface area contributed by atoms with Gasteiger partial charge in [-0.2, -0.15) is 0 Å². The fourth-order valence-corrected chi connectivity index (χ4v) is 4.82. The maximum Gasteiger partial charge on any atom is 0.248 e. The third-order valence-corrected chi connectivity index (χ3v) is 7.02. The van der Waals surface area contributed by atoms with Crippen LogP contribution in [0.2, 0.25) is 0 Å². The van der Waals surface area contributed by atoms with Crippen LogP contribution >= 0.6 is 23.1 Å². The summed E-state index contributed by atoms with van der Waals surface area (Å²) in [7, 11) is 1.63. The molecular formula is C28H25N3O3S2. The molecule has 182 valence electrons. The van der Waals surface area contributed by atoms with Crippen LogP contribution in [0.3, 0.4) is 0 Å². The maximum atomic E-state index is 12.7. The van der Waals surface area contributed by atoms with Gasteiger partial charge in [-0.25, -0.2) is 4.98 Å². The molecule has 0 fully saturated rings. The summed E-state index contributed by atoms with van der Waals surface area (Å²) < 4.78 is 5.19. The van der Waals surface area contributed by atoms with Gasteiger partial charge < -0.3 is 15.4 Å². The summed E-state index contributed by atoms with van der Waals surface area (Å²) in [5.41, 5.74) is 3.40. The molecule has 1 unspecified atom stereocenters.